The summed E-state index contributed by atoms with van der Waals surface area (Å²) in [7, 11) is -2.86. The van der Waals surface area contributed by atoms with Gasteiger partial charge in [0.1, 0.15) is 0 Å². The third kappa shape index (κ3) is 7.56. The van der Waals surface area contributed by atoms with E-state index in [1.165, 1.54) is 48.2 Å². The van der Waals surface area contributed by atoms with Crippen LogP contribution in [0.4, 0.5) is 0 Å². The van der Waals surface area contributed by atoms with Gasteiger partial charge in [0.2, 0.25) is 0 Å². The molecule has 4 nitrogen and oxygen atoms in total. The normalized spacial score (nSPS) is 11.6. The SMILES string of the molecule is Cc1ccc(-c2ccc3c(c2)c2ccccc2n3-c2ccc(-c3cccc([Si](c4ccccc4)(c4ccccc4)c4ccccc4)c3)c(-c3nc(-c4ccccc4)nc(-c4ccccc4)n3)c2)cc1. The lowest BCUT2D eigenvalue weighted by molar-refractivity contribution is 1.07. The molecule has 0 fully saturated rings. The van der Waals surface area contributed by atoms with E-state index in [0.29, 0.717) is 17.5 Å². The highest BCUT2D eigenvalue weighted by Gasteiger charge is 2.41. The third-order valence-corrected chi connectivity index (χ3v) is 18.3. The van der Waals surface area contributed by atoms with Gasteiger partial charge in [-0.1, -0.05) is 236 Å². The van der Waals surface area contributed by atoms with Crippen LogP contribution in [0, 0.1) is 6.92 Å². The molecule has 0 bridgehead atoms. The Bertz CT molecular complexity index is 3610. The molecule has 326 valence electrons. The zero-order chi connectivity index (χ0) is 46.2. The number of hydrogen-bond acceptors (Lipinski definition) is 3. The first-order valence-corrected chi connectivity index (χ1v) is 25.5. The van der Waals surface area contributed by atoms with E-state index in [4.69, 9.17) is 15.0 Å². The van der Waals surface area contributed by atoms with E-state index in [0.717, 1.165) is 44.5 Å². The van der Waals surface area contributed by atoms with Crippen molar-refractivity contribution in [1.29, 1.82) is 0 Å². The fraction of sp³-hybridized carbons (Fsp3) is 0.0156. The fourth-order valence-electron chi connectivity index (χ4n) is 10.2. The van der Waals surface area contributed by atoms with Crippen LogP contribution in [0.15, 0.2) is 261 Å². The summed E-state index contributed by atoms with van der Waals surface area (Å²) >= 11 is 0. The summed E-state index contributed by atoms with van der Waals surface area (Å²) in [5.41, 5.74) is 11.8. The van der Waals surface area contributed by atoms with Crippen LogP contribution in [0.25, 0.3) is 83.9 Å². The van der Waals surface area contributed by atoms with Gasteiger partial charge in [0.05, 0.1) is 11.0 Å². The molecule has 0 spiro atoms. The predicted molar refractivity (Wildman–Crippen MR) is 290 cm³/mol. The molecule has 2 heterocycles. The first-order chi connectivity index (χ1) is 34.1. The van der Waals surface area contributed by atoms with Crippen molar-refractivity contribution in [1.82, 2.24) is 19.5 Å². The quantitative estimate of drug-likeness (QED) is 0.101. The second-order valence-electron chi connectivity index (χ2n) is 17.6. The van der Waals surface area contributed by atoms with Gasteiger partial charge >= 0.3 is 0 Å². The third-order valence-electron chi connectivity index (χ3n) is 13.5. The Balaban J connectivity index is 1.13. The summed E-state index contributed by atoms with van der Waals surface area (Å²) in [6, 6.07) is 94.2. The summed E-state index contributed by atoms with van der Waals surface area (Å²) in [5.74, 6) is 1.84. The van der Waals surface area contributed by atoms with Crippen LogP contribution in [0.2, 0.25) is 0 Å². The molecule has 5 heteroatoms. The van der Waals surface area contributed by atoms with Crippen LogP contribution < -0.4 is 20.7 Å². The maximum Gasteiger partial charge on any atom is 0.179 e. The lowest BCUT2D eigenvalue weighted by atomic mass is 9.98. The number of hydrogen-bond donors (Lipinski definition) is 0. The van der Waals surface area contributed by atoms with Crippen molar-refractivity contribution in [2.24, 2.45) is 0 Å². The van der Waals surface area contributed by atoms with E-state index in [-0.39, 0.29) is 0 Å². The molecule has 0 atom stereocenters. The van der Waals surface area contributed by atoms with Gasteiger partial charge in [0.15, 0.2) is 25.5 Å². The smallest absolute Gasteiger partial charge is 0.179 e. The van der Waals surface area contributed by atoms with Crippen molar-refractivity contribution in [3.05, 3.63) is 266 Å². The maximum atomic E-state index is 5.38. The first-order valence-electron chi connectivity index (χ1n) is 23.5. The van der Waals surface area contributed by atoms with Crippen LogP contribution >= 0.6 is 0 Å². The highest BCUT2D eigenvalue weighted by atomic mass is 28.3. The van der Waals surface area contributed by atoms with Crippen LogP contribution in [-0.2, 0) is 0 Å². The zero-order valence-electron chi connectivity index (χ0n) is 38.1. The van der Waals surface area contributed by atoms with Crippen LogP contribution in [-0.4, -0.2) is 27.6 Å². The Morgan fingerprint density at radius 2 is 0.783 bits per heavy atom. The second kappa shape index (κ2) is 17.8. The van der Waals surface area contributed by atoms with Crippen LogP contribution in [0.1, 0.15) is 5.56 Å². The molecule has 0 amide bonds. The fourth-order valence-corrected chi connectivity index (χ4v) is 15.0. The van der Waals surface area contributed by atoms with Crippen molar-refractivity contribution in [3.8, 4) is 62.1 Å². The van der Waals surface area contributed by atoms with Gasteiger partial charge in [-0.15, -0.1) is 0 Å². The molecule has 0 aliphatic heterocycles. The molecule has 0 N–H and O–H groups in total. The van der Waals surface area contributed by atoms with Crippen LogP contribution in [0.5, 0.6) is 0 Å². The topological polar surface area (TPSA) is 43.6 Å². The number of nitrogens with zero attached hydrogens (tertiary/aromatic N) is 4. The summed E-state index contributed by atoms with van der Waals surface area (Å²) < 4.78 is 2.39. The summed E-state index contributed by atoms with van der Waals surface area (Å²) in [4.78, 5) is 15.9. The second-order valence-corrected chi connectivity index (χ2v) is 21.5. The minimum atomic E-state index is -2.86. The minimum absolute atomic E-state index is 0.602. The molecular formula is C64H46N4Si. The molecule has 12 rings (SSSR count). The van der Waals surface area contributed by atoms with Gasteiger partial charge in [-0.25, -0.2) is 15.0 Å². The lowest BCUT2D eigenvalue weighted by Gasteiger charge is -2.34. The van der Waals surface area contributed by atoms with Gasteiger partial charge in [-0.3, -0.25) is 0 Å². The molecule has 0 unspecified atom stereocenters. The molecule has 69 heavy (non-hydrogen) atoms. The molecule has 10 aromatic carbocycles. The standard InChI is InChI=1S/C64H46N4Si/c1-45-34-36-46(37-35-45)49-38-41-61-58(43-49)57-32-17-18-33-60(57)68(61)51-39-40-56(59(44-51)64-66-62(47-20-7-2-8-21-47)65-63(67-64)48-22-9-3-10-23-48)50-24-19-31-55(42-50)69(52-25-11-4-12-26-52,53-27-13-5-14-28-53)54-29-15-6-16-30-54/h2-44H,1H3. The summed E-state index contributed by atoms with van der Waals surface area (Å²) in [6.07, 6.45) is 0. The maximum absolute atomic E-state index is 5.38. The van der Waals surface area contributed by atoms with Gasteiger partial charge in [0, 0.05) is 33.2 Å². The highest BCUT2D eigenvalue weighted by Crippen LogP contribution is 2.39. The van der Waals surface area contributed by atoms with E-state index in [2.05, 4.69) is 236 Å². The number of aromatic nitrogens is 4. The van der Waals surface area contributed by atoms with Crippen molar-refractivity contribution in [2.75, 3.05) is 0 Å². The van der Waals surface area contributed by atoms with E-state index in [9.17, 15) is 0 Å². The van der Waals surface area contributed by atoms with Gasteiger partial charge in [-0.2, -0.15) is 0 Å². The molecule has 0 saturated carbocycles. The van der Waals surface area contributed by atoms with Crippen LogP contribution in [0.3, 0.4) is 0 Å². The Morgan fingerprint density at radius 3 is 1.38 bits per heavy atom. The Morgan fingerprint density at radius 1 is 0.304 bits per heavy atom. The Hall–Kier alpha value is -8.77. The van der Waals surface area contributed by atoms with Crippen molar-refractivity contribution in [3.63, 3.8) is 0 Å². The summed E-state index contributed by atoms with van der Waals surface area (Å²) in [5, 5.41) is 7.65. The number of aryl methyl sites for hydroxylation is 1. The number of benzene rings is 10. The molecule has 0 saturated heterocycles. The van der Waals surface area contributed by atoms with Crippen molar-refractivity contribution < 1.29 is 0 Å². The number of rotatable bonds is 10. The van der Waals surface area contributed by atoms with Crippen molar-refractivity contribution in [2.45, 2.75) is 6.92 Å². The molecule has 0 radical (unpaired) electrons. The molecule has 0 aliphatic rings. The largest absolute Gasteiger partial charge is 0.309 e. The number of fused-ring (bicyclic) bond motifs is 3. The Kier molecular flexibility index (Phi) is 10.7. The van der Waals surface area contributed by atoms with Gasteiger partial charge in [-0.05, 0) is 80.3 Å². The van der Waals surface area contributed by atoms with E-state index in [1.54, 1.807) is 0 Å². The minimum Gasteiger partial charge on any atom is -0.309 e. The monoisotopic (exact) mass is 898 g/mol. The Labute approximate surface area is 403 Å². The predicted octanol–water partition coefficient (Wildman–Crippen LogP) is 13.0. The van der Waals surface area contributed by atoms with E-state index >= 15 is 0 Å². The first kappa shape index (κ1) is 41.6. The highest BCUT2D eigenvalue weighted by molar-refractivity contribution is 7.19. The van der Waals surface area contributed by atoms with E-state index in [1.807, 2.05) is 36.4 Å². The van der Waals surface area contributed by atoms with Gasteiger partial charge < -0.3 is 4.57 Å². The summed E-state index contributed by atoms with van der Waals surface area (Å²) in [6.45, 7) is 2.13. The molecule has 2 aromatic heterocycles. The molecule has 0 aliphatic carbocycles. The molecular weight excluding hydrogens is 853 g/mol. The molecule has 12 aromatic rings. The lowest BCUT2D eigenvalue weighted by Crippen LogP contribution is -2.74. The van der Waals surface area contributed by atoms with Crippen molar-refractivity contribution >= 4 is 50.6 Å². The number of para-hydroxylation sites is 1. The van der Waals surface area contributed by atoms with Gasteiger partial charge in [0.25, 0.3) is 0 Å². The van der Waals surface area contributed by atoms with E-state index < -0.39 is 8.07 Å². The average Bonchev–Trinajstić information content (AvgIpc) is 3.76. The zero-order valence-corrected chi connectivity index (χ0v) is 39.1. The average molecular weight is 899 g/mol.